The van der Waals surface area contributed by atoms with E-state index in [-0.39, 0.29) is 18.6 Å². The van der Waals surface area contributed by atoms with Gasteiger partial charge in [0.1, 0.15) is 5.76 Å². The predicted molar refractivity (Wildman–Crippen MR) is 72.4 cm³/mol. The molecule has 0 aliphatic rings. The van der Waals surface area contributed by atoms with Crippen molar-refractivity contribution in [2.24, 2.45) is 5.92 Å². The zero-order chi connectivity index (χ0) is 15.4. The molecule has 2 atom stereocenters. The molecule has 1 aromatic heterocycles. The van der Waals surface area contributed by atoms with Gasteiger partial charge < -0.3 is 19.8 Å². The lowest BCUT2D eigenvalue weighted by Crippen LogP contribution is -2.41. The van der Waals surface area contributed by atoms with Crippen LogP contribution in [-0.4, -0.2) is 40.8 Å². The van der Waals surface area contributed by atoms with Crippen molar-refractivity contribution in [1.82, 2.24) is 15.4 Å². The van der Waals surface area contributed by atoms with Crippen LogP contribution in [0.5, 0.6) is 0 Å². The summed E-state index contributed by atoms with van der Waals surface area (Å²) in [4.78, 5) is 24.1. The standard InChI is InChI=1S/C13H21N3O4/c1-7(12(17)18)6-16(5)13(19)14-8(2)11-9(3)15-20-10(11)4/h7-8H,6H2,1-5H3,(H,14,19)(H,17,18). The molecule has 20 heavy (non-hydrogen) atoms. The van der Waals surface area contributed by atoms with Crippen molar-refractivity contribution in [2.45, 2.75) is 33.7 Å². The summed E-state index contributed by atoms with van der Waals surface area (Å²) in [7, 11) is 1.56. The Kier molecular flexibility index (Phi) is 5.12. The normalized spacial score (nSPS) is 13.7. The third kappa shape index (κ3) is 3.72. The van der Waals surface area contributed by atoms with Crippen molar-refractivity contribution in [3.63, 3.8) is 0 Å². The number of amides is 2. The van der Waals surface area contributed by atoms with Gasteiger partial charge in [0, 0.05) is 19.2 Å². The Hall–Kier alpha value is -2.05. The number of aromatic nitrogens is 1. The first-order valence-electron chi connectivity index (χ1n) is 6.41. The van der Waals surface area contributed by atoms with Crippen LogP contribution in [0, 0.1) is 19.8 Å². The van der Waals surface area contributed by atoms with Gasteiger partial charge in [-0.3, -0.25) is 4.79 Å². The number of carbonyl (C=O) groups excluding carboxylic acids is 1. The van der Waals surface area contributed by atoms with Crippen LogP contribution in [0.1, 0.15) is 36.9 Å². The highest BCUT2D eigenvalue weighted by Crippen LogP contribution is 2.20. The molecule has 7 heteroatoms. The fraction of sp³-hybridized carbons (Fsp3) is 0.615. The van der Waals surface area contributed by atoms with Crippen molar-refractivity contribution >= 4 is 12.0 Å². The monoisotopic (exact) mass is 283 g/mol. The molecule has 1 aromatic rings. The third-order valence-electron chi connectivity index (χ3n) is 3.18. The van der Waals surface area contributed by atoms with Crippen LogP contribution in [0.4, 0.5) is 4.79 Å². The molecule has 0 aliphatic carbocycles. The summed E-state index contributed by atoms with van der Waals surface area (Å²) in [6.07, 6.45) is 0. The maximum absolute atomic E-state index is 12.0. The molecule has 0 spiro atoms. The van der Waals surface area contributed by atoms with E-state index in [2.05, 4.69) is 10.5 Å². The highest BCUT2D eigenvalue weighted by atomic mass is 16.5. The van der Waals surface area contributed by atoms with E-state index in [0.29, 0.717) is 5.76 Å². The minimum Gasteiger partial charge on any atom is -0.481 e. The molecule has 0 aromatic carbocycles. The number of rotatable bonds is 5. The molecular formula is C13H21N3O4. The molecule has 0 saturated heterocycles. The second-order valence-electron chi connectivity index (χ2n) is 5.03. The van der Waals surface area contributed by atoms with Crippen molar-refractivity contribution < 1.29 is 19.2 Å². The lowest BCUT2D eigenvalue weighted by Gasteiger charge is -2.22. The first kappa shape index (κ1) is 16.0. The topological polar surface area (TPSA) is 95.7 Å². The van der Waals surface area contributed by atoms with Crippen molar-refractivity contribution in [3.8, 4) is 0 Å². The van der Waals surface area contributed by atoms with Gasteiger partial charge in [-0.25, -0.2) is 4.79 Å². The quantitative estimate of drug-likeness (QED) is 0.857. The highest BCUT2D eigenvalue weighted by Gasteiger charge is 2.22. The zero-order valence-electron chi connectivity index (χ0n) is 12.4. The smallest absolute Gasteiger partial charge is 0.317 e. The Morgan fingerprint density at radius 1 is 1.40 bits per heavy atom. The number of nitrogens with zero attached hydrogens (tertiary/aromatic N) is 2. The van der Waals surface area contributed by atoms with E-state index in [1.165, 1.54) is 4.90 Å². The molecule has 0 bridgehead atoms. The number of urea groups is 1. The molecule has 2 amide bonds. The maximum Gasteiger partial charge on any atom is 0.317 e. The van der Waals surface area contributed by atoms with Crippen LogP contribution in [0.15, 0.2) is 4.52 Å². The average Bonchev–Trinajstić information content (AvgIpc) is 2.68. The first-order chi connectivity index (χ1) is 9.23. The minimum absolute atomic E-state index is 0.148. The van der Waals surface area contributed by atoms with Gasteiger partial charge in [-0.1, -0.05) is 12.1 Å². The van der Waals surface area contributed by atoms with Gasteiger partial charge >= 0.3 is 12.0 Å². The summed E-state index contributed by atoms with van der Waals surface area (Å²) in [6.45, 7) is 7.14. The molecule has 0 aliphatic heterocycles. The number of carboxylic acids is 1. The van der Waals surface area contributed by atoms with Crippen LogP contribution in [0.3, 0.4) is 0 Å². The second kappa shape index (κ2) is 6.40. The molecule has 2 unspecified atom stereocenters. The summed E-state index contributed by atoms with van der Waals surface area (Å²) >= 11 is 0. The molecular weight excluding hydrogens is 262 g/mol. The number of aryl methyl sites for hydroxylation is 2. The summed E-state index contributed by atoms with van der Waals surface area (Å²) in [6, 6.07) is -0.582. The summed E-state index contributed by atoms with van der Waals surface area (Å²) in [5.41, 5.74) is 1.58. The second-order valence-corrected chi connectivity index (χ2v) is 5.03. The van der Waals surface area contributed by atoms with Crippen LogP contribution in [-0.2, 0) is 4.79 Å². The van der Waals surface area contributed by atoms with E-state index in [1.807, 2.05) is 13.8 Å². The van der Waals surface area contributed by atoms with Crippen molar-refractivity contribution in [2.75, 3.05) is 13.6 Å². The minimum atomic E-state index is -0.927. The van der Waals surface area contributed by atoms with E-state index >= 15 is 0 Å². The lowest BCUT2D eigenvalue weighted by atomic mass is 10.1. The molecule has 112 valence electrons. The van der Waals surface area contributed by atoms with Crippen molar-refractivity contribution in [1.29, 1.82) is 0 Å². The van der Waals surface area contributed by atoms with Crippen molar-refractivity contribution in [3.05, 3.63) is 17.0 Å². The van der Waals surface area contributed by atoms with E-state index < -0.39 is 11.9 Å². The Bertz CT molecular complexity index is 478. The Balaban J connectivity index is 2.64. The SMILES string of the molecule is Cc1noc(C)c1C(C)NC(=O)N(C)CC(C)C(=O)O. The largest absolute Gasteiger partial charge is 0.481 e. The lowest BCUT2D eigenvalue weighted by molar-refractivity contribution is -0.141. The number of aliphatic carboxylic acids is 1. The van der Waals surface area contributed by atoms with Crippen LogP contribution >= 0.6 is 0 Å². The number of hydrogen-bond donors (Lipinski definition) is 2. The Labute approximate surface area is 117 Å². The molecule has 0 fully saturated rings. The number of carboxylic acid groups (broad SMARTS) is 1. The fourth-order valence-corrected chi connectivity index (χ4v) is 2.05. The van der Waals surface area contributed by atoms with E-state index in [1.54, 1.807) is 20.9 Å². The van der Waals surface area contributed by atoms with Gasteiger partial charge in [-0.15, -0.1) is 0 Å². The van der Waals surface area contributed by atoms with Gasteiger partial charge in [-0.2, -0.15) is 0 Å². The highest BCUT2D eigenvalue weighted by molar-refractivity contribution is 5.76. The van der Waals surface area contributed by atoms with Crippen LogP contribution in [0.25, 0.3) is 0 Å². The van der Waals surface area contributed by atoms with Crippen LogP contribution < -0.4 is 5.32 Å². The summed E-state index contributed by atoms with van der Waals surface area (Å²) in [5.74, 6) is -0.875. The molecule has 0 saturated carbocycles. The molecule has 0 radical (unpaired) electrons. The molecule has 7 nitrogen and oxygen atoms in total. The maximum atomic E-state index is 12.0. The molecule has 1 rings (SSSR count). The Morgan fingerprint density at radius 3 is 2.45 bits per heavy atom. The Morgan fingerprint density at radius 2 is 2.00 bits per heavy atom. The molecule has 1 heterocycles. The van der Waals surface area contributed by atoms with E-state index in [0.717, 1.165) is 11.3 Å². The number of nitrogens with one attached hydrogen (secondary N) is 1. The van der Waals surface area contributed by atoms with Gasteiger partial charge in [0.15, 0.2) is 0 Å². The third-order valence-corrected chi connectivity index (χ3v) is 3.18. The van der Waals surface area contributed by atoms with Gasteiger partial charge in [0.25, 0.3) is 0 Å². The summed E-state index contributed by atoms with van der Waals surface area (Å²) < 4.78 is 5.06. The fourth-order valence-electron chi connectivity index (χ4n) is 2.05. The molecule has 2 N–H and O–H groups in total. The number of hydrogen-bond acceptors (Lipinski definition) is 4. The predicted octanol–water partition coefficient (Wildman–Crippen LogP) is 1.71. The van der Waals surface area contributed by atoms with Gasteiger partial charge in [0.2, 0.25) is 0 Å². The number of carbonyl (C=O) groups is 2. The van der Waals surface area contributed by atoms with Crippen LogP contribution in [0.2, 0.25) is 0 Å². The van der Waals surface area contributed by atoms with E-state index in [4.69, 9.17) is 9.63 Å². The first-order valence-corrected chi connectivity index (χ1v) is 6.41. The van der Waals surface area contributed by atoms with Gasteiger partial charge in [0.05, 0.1) is 17.7 Å². The van der Waals surface area contributed by atoms with Gasteiger partial charge in [-0.05, 0) is 20.8 Å². The summed E-state index contributed by atoms with van der Waals surface area (Å²) in [5, 5.41) is 15.5. The average molecular weight is 283 g/mol. The zero-order valence-corrected chi connectivity index (χ0v) is 12.4. The van der Waals surface area contributed by atoms with E-state index in [9.17, 15) is 9.59 Å².